The molecule has 1 heterocycles. The highest BCUT2D eigenvalue weighted by molar-refractivity contribution is 5.98. The highest BCUT2D eigenvalue weighted by atomic mass is 19.4. The summed E-state index contributed by atoms with van der Waals surface area (Å²) < 4.78 is 45.7. The van der Waals surface area contributed by atoms with Gasteiger partial charge in [-0.05, 0) is 54.4 Å². The van der Waals surface area contributed by atoms with Crippen molar-refractivity contribution in [2.24, 2.45) is 5.73 Å². The molecule has 1 unspecified atom stereocenters. The Morgan fingerprint density at radius 2 is 1.68 bits per heavy atom. The third-order valence-corrected chi connectivity index (χ3v) is 3.54. The van der Waals surface area contributed by atoms with Crippen molar-refractivity contribution < 1.29 is 32.6 Å². The first-order chi connectivity index (χ1) is 11.7. The number of hydrogen-bond acceptors (Lipinski definition) is 5. The second-order valence-electron chi connectivity index (χ2n) is 5.37. The summed E-state index contributed by atoms with van der Waals surface area (Å²) in [7, 11) is 0. The van der Waals surface area contributed by atoms with Crippen LogP contribution in [0.4, 0.5) is 18.9 Å². The van der Waals surface area contributed by atoms with Crippen LogP contribution in [0.1, 0.15) is 5.56 Å². The zero-order valence-corrected chi connectivity index (χ0v) is 12.7. The first kappa shape index (κ1) is 17.1. The van der Waals surface area contributed by atoms with Gasteiger partial charge in [0, 0.05) is 0 Å². The molecule has 9 heteroatoms. The van der Waals surface area contributed by atoms with Gasteiger partial charge in [-0.2, -0.15) is 5.06 Å². The maximum atomic E-state index is 12.1. The fourth-order valence-corrected chi connectivity index (χ4v) is 2.44. The van der Waals surface area contributed by atoms with Crippen molar-refractivity contribution in [1.82, 2.24) is 0 Å². The second kappa shape index (κ2) is 6.26. The van der Waals surface area contributed by atoms with Crippen LogP contribution in [0.3, 0.4) is 0 Å². The number of halogens is 3. The molecule has 1 amide bonds. The molecule has 3 rings (SSSR count). The normalized spacial score (nSPS) is 17.2. The minimum atomic E-state index is -4.76. The maximum absolute atomic E-state index is 12.1. The summed E-state index contributed by atoms with van der Waals surface area (Å²) in [5.41, 5.74) is 6.58. The van der Waals surface area contributed by atoms with Crippen LogP contribution >= 0.6 is 0 Å². The van der Waals surface area contributed by atoms with Gasteiger partial charge in [0.25, 0.3) is 5.91 Å². The number of rotatable bonds is 3. The molecule has 1 aliphatic heterocycles. The van der Waals surface area contributed by atoms with E-state index in [0.29, 0.717) is 27.8 Å². The smallest absolute Gasteiger partial charge is 0.457 e. The number of carbonyl (C=O) groups is 1. The van der Waals surface area contributed by atoms with Gasteiger partial charge in [-0.15, -0.1) is 13.2 Å². The third-order valence-electron chi connectivity index (χ3n) is 3.54. The zero-order chi connectivity index (χ0) is 18.2. The lowest BCUT2D eigenvalue weighted by Crippen LogP contribution is -2.47. The van der Waals surface area contributed by atoms with E-state index in [4.69, 9.17) is 10.5 Å². The SMILES string of the molecule is NC1Cc2cc(Oc3ccc(OC(F)(F)F)cc3)ccc2N(O)C1=O. The lowest BCUT2D eigenvalue weighted by Gasteiger charge is -2.27. The average Bonchev–Trinajstić information content (AvgIpc) is 2.53. The zero-order valence-electron chi connectivity index (χ0n) is 12.7. The summed E-state index contributed by atoms with van der Waals surface area (Å²) in [6, 6.07) is 8.68. The van der Waals surface area contributed by atoms with Crippen LogP contribution in [0.2, 0.25) is 0 Å². The fourth-order valence-electron chi connectivity index (χ4n) is 2.44. The molecule has 0 bridgehead atoms. The summed E-state index contributed by atoms with van der Waals surface area (Å²) >= 11 is 0. The van der Waals surface area contributed by atoms with E-state index in [1.54, 1.807) is 6.07 Å². The molecule has 0 fully saturated rings. The standard InChI is InChI=1S/C16H13F3N2O4/c17-16(18,19)25-11-3-1-10(2-4-11)24-12-5-6-14-9(7-12)8-13(20)15(22)21(14)23/h1-7,13,23H,8,20H2. The summed E-state index contributed by atoms with van der Waals surface area (Å²) in [6.45, 7) is 0. The van der Waals surface area contributed by atoms with Crippen molar-refractivity contribution in [2.45, 2.75) is 18.8 Å². The molecule has 0 spiro atoms. The first-order valence-electron chi connectivity index (χ1n) is 7.18. The lowest BCUT2D eigenvalue weighted by molar-refractivity contribution is -0.274. The van der Waals surface area contributed by atoms with Gasteiger partial charge in [0.05, 0.1) is 11.7 Å². The Balaban J connectivity index is 1.76. The molecule has 1 aliphatic rings. The second-order valence-corrected chi connectivity index (χ2v) is 5.37. The van der Waals surface area contributed by atoms with Crippen LogP contribution in [0.5, 0.6) is 17.2 Å². The largest absolute Gasteiger partial charge is 0.573 e. The topological polar surface area (TPSA) is 85.0 Å². The first-order valence-corrected chi connectivity index (χ1v) is 7.18. The van der Waals surface area contributed by atoms with Crippen molar-refractivity contribution in [3.05, 3.63) is 48.0 Å². The van der Waals surface area contributed by atoms with E-state index in [0.717, 1.165) is 12.1 Å². The Morgan fingerprint density at radius 1 is 1.08 bits per heavy atom. The average molecular weight is 354 g/mol. The Morgan fingerprint density at radius 3 is 2.32 bits per heavy atom. The van der Waals surface area contributed by atoms with E-state index in [-0.39, 0.29) is 12.2 Å². The van der Waals surface area contributed by atoms with E-state index in [1.807, 2.05) is 0 Å². The number of nitrogens with two attached hydrogens (primary N) is 1. The van der Waals surface area contributed by atoms with E-state index in [9.17, 15) is 23.2 Å². The molecule has 0 aromatic heterocycles. The highest BCUT2D eigenvalue weighted by Gasteiger charge is 2.31. The monoisotopic (exact) mass is 354 g/mol. The number of nitrogens with zero attached hydrogens (tertiary/aromatic N) is 1. The molecule has 0 saturated heterocycles. The van der Waals surface area contributed by atoms with E-state index in [2.05, 4.69) is 4.74 Å². The molecular weight excluding hydrogens is 341 g/mol. The van der Waals surface area contributed by atoms with Gasteiger partial charge in [-0.25, -0.2) is 0 Å². The number of alkyl halides is 3. The molecule has 3 N–H and O–H groups in total. The number of ether oxygens (including phenoxy) is 2. The third kappa shape index (κ3) is 3.83. The van der Waals surface area contributed by atoms with Crippen LogP contribution in [0, 0.1) is 0 Å². The quantitative estimate of drug-likeness (QED) is 0.828. The minimum Gasteiger partial charge on any atom is -0.457 e. The number of amides is 1. The summed E-state index contributed by atoms with van der Waals surface area (Å²) in [4.78, 5) is 11.6. The molecule has 2 aromatic rings. The van der Waals surface area contributed by atoms with Crippen molar-refractivity contribution in [3.63, 3.8) is 0 Å². The van der Waals surface area contributed by atoms with E-state index in [1.165, 1.54) is 24.3 Å². The number of anilines is 1. The Bertz CT molecular complexity index is 793. The van der Waals surface area contributed by atoms with Gasteiger partial charge in [0.1, 0.15) is 17.2 Å². The number of hydrogen-bond donors (Lipinski definition) is 2. The number of hydroxylamine groups is 1. The van der Waals surface area contributed by atoms with Crippen molar-refractivity contribution >= 4 is 11.6 Å². The van der Waals surface area contributed by atoms with Gasteiger partial charge in [-0.1, -0.05) is 0 Å². The van der Waals surface area contributed by atoms with Crippen LogP contribution < -0.4 is 20.3 Å². The molecule has 2 aromatic carbocycles. The van der Waals surface area contributed by atoms with Gasteiger partial charge in [0.2, 0.25) is 0 Å². The molecule has 6 nitrogen and oxygen atoms in total. The number of carbonyl (C=O) groups excluding carboxylic acids is 1. The van der Waals surface area contributed by atoms with Gasteiger partial charge >= 0.3 is 6.36 Å². The van der Waals surface area contributed by atoms with E-state index < -0.39 is 18.3 Å². The van der Waals surface area contributed by atoms with Crippen LogP contribution in [0.15, 0.2) is 42.5 Å². The Labute approximate surface area is 140 Å². The molecule has 0 radical (unpaired) electrons. The molecule has 0 aliphatic carbocycles. The van der Waals surface area contributed by atoms with Gasteiger partial charge < -0.3 is 15.2 Å². The fraction of sp³-hybridized carbons (Fsp3) is 0.188. The molecule has 25 heavy (non-hydrogen) atoms. The highest BCUT2D eigenvalue weighted by Crippen LogP contribution is 2.32. The van der Waals surface area contributed by atoms with Crippen molar-refractivity contribution in [3.8, 4) is 17.2 Å². The summed E-state index contributed by atoms with van der Waals surface area (Å²) in [5, 5.41) is 10.3. The Kier molecular flexibility index (Phi) is 4.27. The Hall–Kier alpha value is -2.78. The van der Waals surface area contributed by atoms with Crippen molar-refractivity contribution in [2.75, 3.05) is 5.06 Å². The van der Waals surface area contributed by atoms with Crippen LogP contribution in [-0.4, -0.2) is 23.5 Å². The molecule has 0 saturated carbocycles. The van der Waals surface area contributed by atoms with E-state index >= 15 is 0 Å². The van der Waals surface area contributed by atoms with Crippen molar-refractivity contribution in [1.29, 1.82) is 0 Å². The van der Waals surface area contributed by atoms with Crippen LogP contribution in [0.25, 0.3) is 0 Å². The molecular formula is C16H13F3N2O4. The molecule has 132 valence electrons. The number of benzene rings is 2. The number of fused-ring (bicyclic) bond motifs is 1. The predicted molar refractivity (Wildman–Crippen MR) is 80.6 cm³/mol. The predicted octanol–water partition coefficient (Wildman–Crippen LogP) is 2.98. The van der Waals surface area contributed by atoms with Crippen LogP contribution in [-0.2, 0) is 11.2 Å². The minimum absolute atomic E-state index is 0.237. The van der Waals surface area contributed by atoms with Gasteiger partial charge in [0.15, 0.2) is 0 Å². The summed E-state index contributed by atoms with van der Waals surface area (Å²) in [6.07, 6.45) is -4.52. The summed E-state index contributed by atoms with van der Waals surface area (Å²) in [5.74, 6) is -0.267. The van der Waals surface area contributed by atoms with Gasteiger partial charge in [-0.3, -0.25) is 10.0 Å². The maximum Gasteiger partial charge on any atom is 0.573 e. The lowest BCUT2D eigenvalue weighted by atomic mass is 9.99. The molecule has 1 atom stereocenters.